The molecule has 0 aliphatic carbocycles. The molecule has 94 valence electrons. The van der Waals surface area contributed by atoms with Crippen molar-refractivity contribution in [1.29, 1.82) is 0 Å². The van der Waals surface area contributed by atoms with Gasteiger partial charge in [-0.15, -0.1) is 0 Å². The Kier molecular flexibility index (Phi) is 4.39. The van der Waals surface area contributed by atoms with E-state index >= 15 is 0 Å². The zero-order chi connectivity index (χ0) is 13.0. The molecule has 0 aliphatic rings. The van der Waals surface area contributed by atoms with Crippen molar-refractivity contribution in [2.45, 2.75) is 19.5 Å². The lowest BCUT2D eigenvalue weighted by molar-refractivity contribution is 0.460. The maximum atomic E-state index is 9.68. The number of phenols is 1. The van der Waals surface area contributed by atoms with Crippen LogP contribution in [0.3, 0.4) is 0 Å². The summed E-state index contributed by atoms with van der Waals surface area (Å²) in [6.45, 7) is 2.77. The summed E-state index contributed by atoms with van der Waals surface area (Å²) in [7, 11) is 0. The van der Waals surface area contributed by atoms with Crippen molar-refractivity contribution < 1.29 is 5.11 Å². The third-order valence-electron chi connectivity index (χ3n) is 2.96. The molecule has 0 spiro atoms. The summed E-state index contributed by atoms with van der Waals surface area (Å²) in [6, 6.07) is 15.9. The van der Waals surface area contributed by atoms with Gasteiger partial charge in [0.25, 0.3) is 0 Å². The standard InChI is InChI=1S/C15H16BrNO/c1-11(12-6-8-14(16)9-7-12)17-10-13-4-2-3-5-15(13)18/h2-9,11,17-18H,10H2,1H3. The van der Waals surface area contributed by atoms with Gasteiger partial charge in [0.1, 0.15) is 5.75 Å². The minimum absolute atomic E-state index is 0.248. The van der Waals surface area contributed by atoms with Crippen molar-refractivity contribution in [1.82, 2.24) is 5.32 Å². The van der Waals surface area contributed by atoms with Gasteiger partial charge in [0.05, 0.1) is 0 Å². The number of nitrogens with one attached hydrogen (secondary N) is 1. The number of phenolic OH excluding ortho intramolecular Hbond substituents is 1. The van der Waals surface area contributed by atoms with E-state index in [1.807, 2.05) is 30.3 Å². The van der Waals surface area contributed by atoms with Crippen LogP contribution in [0.25, 0.3) is 0 Å². The molecule has 0 saturated heterocycles. The average Bonchev–Trinajstić information content (AvgIpc) is 2.38. The number of hydrogen-bond donors (Lipinski definition) is 2. The molecule has 0 fully saturated rings. The fourth-order valence-corrected chi connectivity index (χ4v) is 2.06. The monoisotopic (exact) mass is 305 g/mol. The fraction of sp³-hybridized carbons (Fsp3) is 0.200. The van der Waals surface area contributed by atoms with Gasteiger partial charge in [-0.2, -0.15) is 0 Å². The largest absolute Gasteiger partial charge is 0.508 e. The predicted molar refractivity (Wildman–Crippen MR) is 77.5 cm³/mol. The smallest absolute Gasteiger partial charge is 0.120 e. The predicted octanol–water partition coefficient (Wildman–Crippen LogP) is 4.01. The van der Waals surface area contributed by atoms with Crippen LogP contribution in [0.1, 0.15) is 24.1 Å². The summed E-state index contributed by atoms with van der Waals surface area (Å²) in [5.74, 6) is 0.341. The molecule has 18 heavy (non-hydrogen) atoms. The summed E-state index contributed by atoms with van der Waals surface area (Å²) >= 11 is 3.43. The lowest BCUT2D eigenvalue weighted by Gasteiger charge is -2.15. The van der Waals surface area contributed by atoms with Crippen molar-refractivity contribution in [3.05, 3.63) is 64.1 Å². The molecule has 2 aromatic carbocycles. The summed E-state index contributed by atoms with van der Waals surface area (Å²) in [6.07, 6.45) is 0. The Balaban J connectivity index is 1.98. The number of aromatic hydroxyl groups is 1. The second kappa shape index (κ2) is 6.03. The molecule has 0 amide bonds. The molecule has 0 radical (unpaired) electrons. The van der Waals surface area contributed by atoms with Gasteiger partial charge >= 0.3 is 0 Å². The normalized spacial score (nSPS) is 12.3. The van der Waals surface area contributed by atoms with Crippen molar-refractivity contribution in [3.63, 3.8) is 0 Å². The lowest BCUT2D eigenvalue weighted by atomic mass is 10.1. The zero-order valence-electron chi connectivity index (χ0n) is 10.2. The lowest BCUT2D eigenvalue weighted by Crippen LogP contribution is -2.18. The van der Waals surface area contributed by atoms with Crippen LogP contribution in [0.5, 0.6) is 5.75 Å². The highest BCUT2D eigenvalue weighted by atomic mass is 79.9. The Bertz CT molecular complexity index is 510. The van der Waals surface area contributed by atoms with E-state index in [0.29, 0.717) is 12.3 Å². The fourth-order valence-electron chi connectivity index (χ4n) is 1.79. The van der Waals surface area contributed by atoms with E-state index in [9.17, 15) is 5.11 Å². The molecule has 0 aromatic heterocycles. The number of rotatable bonds is 4. The number of para-hydroxylation sites is 1. The van der Waals surface area contributed by atoms with Gasteiger partial charge in [-0.25, -0.2) is 0 Å². The molecule has 1 atom stereocenters. The number of benzene rings is 2. The van der Waals surface area contributed by atoms with E-state index < -0.39 is 0 Å². The van der Waals surface area contributed by atoms with Crippen molar-refractivity contribution in [2.75, 3.05) is 0 Å². The van der Waals surface area contributed by atoms with Crippen molar-refractivity contribution in [2.24, 2.45) is 0 Å². The maximum Gasteiger partial charge on any atom is 0.120 e. The van der Waals surface area contributed by atoms with Gasteiger partial charge in [-0.3, -0.25) is 0 Å². The number of hydrogen-bond acceptors (Lipinski definition) is 2. The second-order valence-corrected chi connectivity index (χ2v) is 5.20. The van der Waals surface area contributed by atoms with Crippen LogP contribution in [-0.4, -0.2) is 5.11 Å². The van der Waals surface area contributed by atoms with Crippen LogP contribution >= 0.6 is 15.9 Å². The Hall–Kier alpha value is -1.32. The van der Waals surface area contributed by atoms with Crippen LogP contribution in [0.4, 0.5) is 0 Å². The second-order valence-electron chi connectivity index (χ2n) is 4.28. The first-order valence-electron chi connectivity index (χ1n) is 5.92. The summed E-state index contributed by atoms with van der Waals surface area (Å²) in [4.78, 5) is 0. The van der Waals surface area contributed by atoms with Crippen LogP contribution in [0.15, 0.2) is 53.0 Å². The molecule has 2 nitrogen and oxygen atoms in total. The van der Waals surface area contributed by atoms with E-state index in [4.69, 9.17) is 0 Å². The summed E-state index contributed by atoms with van der Waals surface area (Å²) < 4.78 is 1.08. The zero-order valence-corrected chi connectivity index (χ0v) is 11.8. The first kappa shape index (κ1) is 13.1. The van der Waals surface area contributed by atoms with E-state index in [2.05, 4.69) is 40.3 Å². The highest BCUT2D eigenvalue weighted by Crippen LogP contribution is 2.19. The van der Waals surface area contributed by atoms with E-state index in [-0.39, 0.29) is 6.04 Å². The highest BCUT2D eigenvalue weighted by Gasteiger charge is 2.06. The maximum absolute atomic E-state index is 9.68. The quantitative estimate of drug-likeness (QED) is 0.894. The van der Waals surface area contributed by atoms with Crippen LogP contribution in [0, 0.1) is 0 Å². The Labute approximate surface area is 116 Å². The summed E-state index contributed by atoms with van der Waals surface area (Å²) in [5.41, 5.74) is 2.15. The summed E-state index contributed by atoms with van der Waals surface area (Å²) in [5, 5.41) is 13.1. The molecule has 0 saturated carbocycles. The molecule has 0 aliphatic heterocycles. The van der Waals surface area contributed by atoms with Crippen LogP contribution in [-0.2, 0) is 6.54 Å². The average molecular weight is 306 g/mol. The van der Waals surface area contributed by atoms with Gasteiger partial charge in [-0.1, -0.05) is 46.3 Å². The molecule has 2 rings (SSSR count). The molecular formula is C15H16BrNO. The van der Waals surface area contributed by atoms with Crippen LogP contribution in [0.2, 0.25) is 0 Å². The van der Waals surface area contributed by atoms with Gasteiger partial charge < -0.3 is 10.4 Å². The van der Waals surface area contributed by atoms with Gasteiger partial charge in [0.15, 0.2) is 0 Å². The minimum Gasteiger partial charge on any atom is -0.508 e. The molecule has 0 heterocycles. The number of halogens is 1. The van der Waals surface area contributed by atoms with Crippen LogP contribution < -0.4 is 5.32 Å². The SMILES string of the molecule is CC(NCc1ccccc1O)c1ccc(Br)cc1. The Morgan fingerprint density at radius 3 is 2.44 bits per heavy atom. The topological polar surface area (TPSA) is 32.3 Å². The first-order valence-corrected chi connectivity index (χ1v) is 6.72. The third kappa shape index (κ3) is 3.34. The Morgan fingerprint density at radius 1 is 1.11 bits per heavy atom. The van der Waals surface area contributed by atoms with Crippen molar-refractivity contribution in [3.8, 4) is 5.75 Å². The van der Waals surface area contributed by atoms with E-state index in [1.165, 1.54) is 5.56 Å². The Morgan fingerprint density at radius 2 is 1.78 bits per heavy atom. The first-order chi connectivity index (χ1) is 8.66. The minimum atomic E-state index is 0.248. The van der Waals surface area contributed by atoms with Gasteiger partial charge in [0, 0.05) is 22.6 Å². The molecule has 2 N–H and O–H groups in total. The molecule has 3 heteroatoms. The van der Waals surface area contributed by atoms with Crippen molar-refractivity contribution >= 4 is 15.9 Å². The molecule has 2 aromatic rings. The third-order valence-corrected chi connectivity index (χ3v) is 3.49. The van der Waals surface area contributed by atoms with E-state index in [0.717, 1.165) is 10.0 Å². The highest BCUT2D eigenvalue weighted by molar-refractivity contribution is 9.10. The van der Waals surface area contributed by atoms with Gasteiger partial charge in [-0.05, 0) is 30.7 Å². The van der Waals surface area contributed by atoms with E-state index in [1.54, 1.807) is 6.07 Å². The van der Waals surface area contributed by atoms with Gasteiger partial charge in [0.2, 0.25) is 0 Å². The molecule has 1 unspecified atom stereocenters. The molecular weight excluding hydrogens is 290 g/mol. The molecule has 0 bridgehead atoms.